The van der Waals surface area contributed by atoms with E-state index in [0.29, 0.717) is 19.4 Å². The quantitative estimate of drug-likeness (QED) is 0.0182. The molecule has 0 radical (unpaired) electrons. The molecule has 0 spiro atoms. The monoisotopic (exact) mass is 830 g/mol. The average Bonchev–Trinajstić information content (AvgIpc) is 3.13. The minimum atomic E-state index is -1.61. The fourth-order valence-corrected chi connectivity index (χ4v) is 5.10. The van der Waals surface area contributed by atoms with Gasteiger partial charge < -0.3 is 81.6 Å². The minimum absolute atomic E-state index is 0.0332. The summed E-state index contributed by atoms with van der Waals surface area (Å²) in [7, 11) is 0. The Labute approximate surface area is 335 Å². The zero-order valence-electron chi connectivity index (χ0n) is 32.9. The van der Waals surface area contributed by atoms with Gasteiger partial charge in [0.1, 0.15) is 30.2 Å². The number of hydrogen-bond acceptors (Lipinski definition) is 13. The summed E-state index contributed by atoms with van der Waals surface area (Å²) in [4.78, 5) is 109. The molecular weight excluding hydrogens is 768 g/mol. The predicted molar refractivity (Wildman–Crippen MR) is 210 cm³/mol. The number of guanidine groups is 2. The molecular formula is C33H62N14O11. The summed E-state index contributed by atoms with van der Waals surface area (Å²) >= 11 is 0. The van der Waals surface area contributed by atoms with Gasteiger partial charge in [0.2, 0.25) is 35.4 Å². The van der Waals surface area contributed by atoms with Crippen molar-refractivity contribution >= 4 is 59.3 Å². The first-order valence-electron chi connectivity index (χ1n) is 18.6. The second kappa shape index (κ2) is 28.6. The number of rotatable bonds is 30. The molecule has 0 aliphatic rings. The van der Waals surface area contributed by atoms with Crippen molar-refractivity contribution < 1.29 is 53.7 Å². The number of aliphatic carboxylic acids is 2. The molecule has 0 unspecified atom stereocenters. The number of nitrogens with zero attached hydrogens (tertiary/aromatic N) is 2. The lowest BCUT2D eigenvalue weighted by Crippen LogP contribution is -2.59. The van der Waals surface area contributed by atoms with Crippen LogP contribution in [-0.2, 0) is 38.4 Å². The first-order chi connectivity index (χ1) is 27.2. The molecule has 0 aromatic carbocycles. The summed E-state index contributed by atoms with van der Waals surface area (Å²) in [6.07, 6.45) is 0.495. The standard InChI is InChI=1S/C33H62N14O11/c1-17(2)13-22(43-24(49)15-42-27(53)19(8-5-11-40-32(36)37)44-26(52)18(35)14-25(50)51)29(55)45-20(9-6-12-41-33(38)39)28(54)47-23(16-48)30(56)46-21(31(57)58)7-3-4-10-34/h17-23,48H,3-16,34-35H2,1-2H3,(H,42,53)(H,43,49)(H,44,52)(H,45,55)(H,46,56)(H,47,54)(H,50,51)(H,57,58)(H4,36,37,40)(H4,38,39,41)/t18-,19-,20-,21-,22-,23-/m0/s1. The van der Waals surface area contributed by atoms with Gasteiger partial charge in [-0.25, -0.2) is 4.79 Å². The topological polar surface area (TPSA) is 450 Å². The number of nitrogens with one attached hydrogen (secondary N) is 6. The molecule has 0 saturated carbocycles. The van der Waals surface area contributed by atoms with Gasteiger partial charge in [-0.1, -0.05) is 13.8 Å². The predicted octanol–water partition coefficient (Wildman–Crippen LogP) is -6.31. The Bertz CT molecular complexity index is 1440. The molecule has 58 heavy (non-hydrogen) atoms. The van der Waals surface area contributed by atoms with E-state index in [-0.39, 0.29) is 69.5 Å². The highest BCUT2D eigenvalue weighted by Crippen LogP contribution is 2.08. The van der Waals surface area contributed by atoms with E-state index in [1.807, 2.05) is 0 Å². The van der Waals surface area contributed by atoms with Gasteiger partial charge in [0, 0.05) is 13.1 Å². The third kappa shape index (κ3) is 23.3. The van der Waals surface area contributed by atoms with Crippen molar-refractivity contribution in [1.29, 1.82) is 0 Å². The molecule has 6 atom stereocenters. The lowest BCUT2D eigenvalue weighted by Gasteiger charge is -2.26. The van der Waals surface area contributed by atoms with Gasteiger partial charge in [-0.2, -0.15) is 0 Å². The van der Waals surface area contributed by atoms with Gasteiger partial charge in [0.05, 0.1) is 25.6 Å². The molecule has 25 heteroatoms. The van der Waals surface area contributed by atoms with Crippen LogP contribution < -0.4 is 66.3 Å². The fraction of sp³-hybridized carbons (Fsp3) is 0.697. The SMILES string of the molecule is CC(C)C[C@H](NC(=O)CNC(=O)[C@H](CCCN=C(N)N)NC(=O)[C@@H](N)CC(=O)O)C(=O)N[C@@H](CCCN=C(N)N)C(=O)N[C@@H](CO)C(=O)N[C@@H](CCCCN)C(=O)O. The number of nitrogens with two attached hydrogens (primary N) is 6. The van der Waals surface area contributed by atoms with Gasteiger partial charge in [0.15, 0.2) is 11.9 Å². The van der Waals surface area contributed by atoms with Crippen LogP contribution in [0.15, 0.2) is 9.98 Å². The number of carboxylic acid groups (broad SMARTS) is 2. The molecule has 0 bridgehead atoms. The van der Waals surface area contributed by atoms with Gasteiger partial charge in [-0.3, -0.25) is 43.5 Å². The number of aliphatic imine (C=N–C) groups is 2. The third-order valence-corrected chi connectivity index (χ3v) is 8.05. The van der Waals surface area contributed by atoms with Crippen molar-refractivity contribution in [1.82, 2.24) is 31.9 Å². The Morgan fingerprint density at radius 2 is 1.07 bits per heavy atom. The number of aliphatic hydroxyl groups is 1. The second-order valence-electron chi connectivity index (χ2n) is 13.6. The average molecular weight is 831 g/mol. The molecule has 0 saturated heterocycles. The highest BCUT2D eigenvalue weighted by Gasteiger charge is 2.32. The van der Waals surface area contributed by atoms with Crippen LogP contribution >= 0.6 is 0 Å². The molecule has 21 N–H and O–H groups in total. The lowest BCUT2D eigenvalue weighted by molar-refractivity contribution is -0.143. The molecule has 0 rings (SSSR count). The molecule has 0 aliphatic heterocycles. The van der Waals surface area contributed by atoms with E-state index < -0.39 is 103 Å². The van der Waals surface area contributed by atoms with E-state index in [2.05, 4.69) is 41.9 Å². The Kier molecular flexibility index (Phi) is 25.7. The smallest absolute Gasteiger partial charge is 0.326 e. The Morgan fingerprint density at radius 3 is 1.55 bits per heavy atom. The van der Waals surface area contributed by atoms with Gasteiger partial charge in [-0.05, 0) is 63.8 Å². The number of carbonyl (C=O) groups is 8. The van der Waals surface area contributed by atoms with Crippen LogP contribution in [0.25, 0.3) is 0 Å². The highest BCUT2D eigenvalue weighted by molar-refractivity contribution is 5.96. The van der Waals surface area contributed by atoms with Crippen molar-refractivity contribution in [3.05, 3.63) is 0 Å². The number of unbranched alkanes of at least 4 members (excludes halogenated alkanes) is 1. The van der Waals surface area contributed by atoms with E-state index in [1.54, 1.807) is 13.8 Å². The summed E-state index contributed by atoms with van der Waals surface area (Å²) in [6, 6.07) is -8.32. The Hall–Kier alpha value is -5.82. The number of amides is 6. The summed E-state index contributed by atoms with van der Waals surface area (Å²) < 4.78 is 0. The van der Waals surface area contributed by atoms with E-state index in [4.69, 9.17) is 39.5 Å². The van der Waals surface area contributed by atoms with Crippen LogP contribution in [0.2, 0.25) is 0 Å². The van der Waals surface area contributed by atoms with Crippen LogP contribution in [0.4, 0.5) is 0 Å². The number of hydrogen-bond donors (Lipinski definition) is 15. The first kappa shape index (κ1) is 52.2. The second-order valence-corrected chi connectivity index (χ2v) is 13.6. The largest absolute Gasteiger partial charge is 0.481 e. The maximum absolute atomic E-state index is 13.6. The number of aliphatic hydroxyl groups excluding tert-OH is 1. The summed E-state index contributed by atoms with van der Waals surface area (Å²) in [5.41, 5.74) is 32.5. The van der Waals surface area contributed by atoms with Crippen molar-refractivity contribution in [2.45, 2.75) is 108 Å². The maximum atomic E-state index is 13.6. The first-order valence-corrected chi connectivity index (χ1v) is 18.6. The summed E-state index contributed by atoms with van der Waals surface area (Å²) in [5.74, 6) is -8.67. The molecule has 0 aromatic heterocycles. The van der Waals surface area contributed by atoms with Crippen LogP contribution in [0.3, 0.4) is 0 Å². The normalized spacial score (nSPS) is 13.9. The zero-order chi connectivity index (χ0) is 44.4. The summed E-state index contributed by atoms with van der Waals surface area (Å²) in [6.45, 7) is 2.34. The molecule has 0 heterocycles. The Balaban J connectivity index is 5.98. The van der Waals surface area contributed by atoms with Crippen LogP contribution in [-0.4, -0.2) is 144 Å². The van der Waals surface area contributed by atoms with Crippen LogP contribution in [0.1, 0.15) is 71.6 Å². The molecule has 0 aliphatic carbocycles. The minimum Gasteiger partial charge on any atom is -0.481 e. The molecule has 0 fully saturated rings. The Morgan fingerprint density at radius 1 is 0.603 bits per heavy atom. The van der Waals surface area contributed by atoms with Gasteiger partial charge in [0.25, 0.3) is 0 Å². The van der Waals surface area contributed by atoms with E-state index >= 15 is 0 Å². The zero-order valence-corrected chi connectivity index (χ0v) is 32.9. The number of carbonyl (C=O) groups excluding carboxylic acids is 6. The lowest BCUT2D eigenvalue weighted by atomic mass is 10.0. The highest BCUT2D eigenvalue weighted by atomic mass is 16.4. The van der Waals surface area contributed by atoms with Gasteiger partial charge in [-0.15, -0.1) is 0 Å². The fourth-order valence-electron chi connectivity index (χ4n) is 5.10. The van der Waals surface area contributed by atoms with Crippen molar-refractivity contribution in [2.75, 3.05) is 32.8 Å². The van der Waals surface area contributed by atoms with Crippen LogP contribution in [0, 0.1) is 5.92 Å². The van der Waals surface area contributed by atoms with Crippen molar-refractivity contribution in [3.8, 4) is 0 Å². The third-order valence-electron chi connectivity index (χ3n) is 8.05. The molecule has 6 amide bonds. The van der Waals surface area contributed by atoms with Crippen molar-refractivity contribution in [3.63, 3.8) is 0 Å². The summed E-state index contributed by atoms with van der Waals surface area (Å²) in [5, 5.41) is 42.7. The van der Waals surface area contributed by atoms with E-state index in [1.165, 1.54) is 0 Å². The molecule has 330 valence electrons. The molecule has 25 nitrogen and oxygen atoms in total. The maximum Gasteiger partial charge on any atom is 0.326 e. The van der Waals surface area contributed by atoms with Gasteiger partial charge >= 0.3 is 11.9 Å². The molecule has 0 aromatic rings. The van der Waals surface area contributed by atoms with Crippen LogP contribution in [0.5, 0.6) is 0 Å². The van der Waals surface area contributed by atoms with Crippen molar-refractivity contribution in [2.24, 2.45) is 50.3 Å². The van der Waals surface area contributed by atoms with E-state index in [0.717, 1.165) is 0 Å². The van der Waals surface area contributed by atoms with E-state index in [9.17, 15) is 48.6 Å². The number of carboxylic acids is 2.